The van der Waals surface area contributed by atoms with E-state index in [0.29, 0.717) is 4.57 Å². The number of nitrogens with one attached hydrogen (secondary N) is 1. The minimum atomic E-state index is -3.28. The topological polar surface area (TPSA) is 120 Å². The molecule has 1 aromatic rings. The van der Waals surface area contributed by atoms with Gasteiger partial charge in [-0.05, 0) is 5.92 Å². The van der Waals surface area contributed by atoms with Gasteiger partial charge in [0.25, 0.3) is 5.56 Å². The Hall–Kier alpha value is -1.99. The highest BCUT2D eigenvalue weighted by Gasteiger charge is 2.48. The van der Waals surface area contributed by atoms with Crippen LogP contribution in [-0.2, 0) is 9.47 Å². The predicted octanol–water partition coefficient (Wildman–Crippen LogP) is -0.537. The van der Waals surface area contributed by atoms with Crippen molar-refractivity contribution in [1.29, 1.82) is 0 Å². The van der Waals surface area contributed by atoms with Crippen LogP contribution in [0.2, 0.25) is 0 Å². The van der Waals surface area contributed by atoms with Crippen LogP contribution >= 0.6 is 0 Å². The van der Waals surface area contributed by atoms with Crippen molar-refractivity contribution in [3.05, 3.63) is 32.6 Å². The molecule has 4 N–H and O–H groups in total. The number of aromatic nitrogens is 2. The molecule has 25 heavy (non-hydrogen) atoms. The Morgan fingerprint density at radius 1 is 1.76 bits per heavy atom. The Labute approximate surface area is 148 Å². The van der Waals surface area contributed by atoms with Crippen LogP contribution in [-0.4, -0.2) is 45.8 Å². The molecule has 1 saturated heterocycles. The molecule has 0 aliphatic carbocycles. The minimum Gasteiger partial charge on any atom is -0.388 e. The highest BCUT2D eigenvalue weighted by molar-refractivity contribution is 5.26. The molecule has 4 atom stereocenters. The summed E-state index contributed by atoms with van der Waals surface area (Å²) < 4.78 is 49.5. The smallest absolute Gasteiger partial charge is 0.330 e. The van der Waals surface area contributed by atoms with Gasteiger partial charge >= 0.3 is 5.69 Å². The van der Waals surface area contributed by atoms with E-state index in [-0.39, 0.29) is 18.1 Å². The van der Waals surface area contributed by atoms with Crippen molar-refractivity contribution in [3.8, 4) is 12.3 Å². The number of nitrogens with two attached hydrogens (primary N) is 1. The average molecular weight is 358 g/mol. The third-order valence-corrected chi connectivity index (χ3v) is 3.70. The number of aliphatic hydroxyl groups excluding tert-OH is 1. The number of nitrogens with zero attached hydrogens (tertiary/aromatic N) is 1. The first-order valence-corrected chi connectivity index (χ1v) is 7.57. The van der Waals surface area contributed by atoms with Gasteiger partial charge in [0.05, 0.1) is 10.7 Å². The summed E-state index contributed by atoms with van der Waals surface area (Å²) in [5.74, 6) is -1.37. The molecule has 2 heterocycles. The number of hydrogen-bond donors (Lipinski definition) is 3. The van der Waals surface area contributed by atoms with Crippen molar-refractivity contribution in [3.63, 3.8) is 0 Å². The highest BCUT2D eigenvalue weighted by atomic mass is 19.2. The zero-order valence-electron chi connectivity index (χ0n) is 16.8. The van der Waals surface area contributed by atoms with Crippen molar-refractivity contribution >= 4 is 0 Å². The van der Waals surface area contributed by atoms with Crippen molar-refractivity contribution in [2.45, 2.75) is 44.5 Å². The first kappa shape index (κ1) is 15.3. The second-order valence-corrected chi connectivity index (χ2v) is 6.03. The number of alkyl halides is 1. The molecule has 138 valence electrons. The maximum atomic E-state index is 15.3. The number of rotatable bonds is 6. The van der Waals surface area contributed by atoms with Gasteiger partial charge in [-0.1, -0.05) is 19.8 Å². The van der Waals surface area contributed by atoms with Crippen LogP contribution in [0.5, 0.6) is 0 Å². The summed E-state index contributed by atoms with van der Waals surface area (Å²) in [4.78, 5) is 25.5. The Bertz CT molecular complexity index is 899. The molecule has 0 radical (unpaired) electrons. The van der Waals surface area contributed by atoms with Gasteiger partial charge in [-0.25, -0.2) is 9.18 Å². The van der Waals surface area contributed by atoms with Crippen molar-refractivity contribution in [2.24, 2.45) is 11.7 Å². The molecule has 8 nitrogen and oxygen atoms in total. The van der Waals surface area contributed by atoms with Crippen LogP contribution in [0.15, 0.2) is 15.8 Å². The maximum absolute atomic E-state index is 15.3. The number of H-pyrrole nitrogens is 1. The molecule has 0 amide bonds. The number of hydrogen-bond acceptors (Lipinski definition) is 6. The SMILES string of the molecule is [2H]C([2H])(OC[C@@H](N)C(C)C)[C@]1(F)C[C@@H](O)[C@]([2H])(n2cc(C#C)c(=O)[nH]c2=O)O1. The van der Waals surface area contributed by atoms with Crippen LogP contribution in [0, 0.1) is 18.3 Å². The molecule has 1 aliphatic heterocycles. The van der Waals surface area contributed by atoms with E-state index in [4.69, 9.17) is 25.7 Å². The fraction of sp³-hybridized carbons (Fsp3) is 0.625. The molecular formula is C16H22FN3O5. The molecule has 0 bridgehead atoms. The third kappa shape index (κ3) is 4.35. The molecule has 1 fully saturated rings. The first-order chi connectivity index (χ1) is 12.8. The van der Waals surface area contributed by atoms with Crippen molar-refractivity contribution < 1.29 is 23.1 Å². The lowest BCUT2D eigenvalue weighted by Gasteiger charge is -2.23. The normalized spacial score (nSPS) is 32.7. The molecule has 1 aromatic heterocycles. The third-order valence-electron chi connectivity index (χ3n) is 3.70. The quantitative estimate of drug-likeness (QED) is 0.588. The van der Waals surface area contributed by atoms with Gasteiger partial charge in [-0.15, -0.1) is 6.42 Å². The molecule has 0 saturated carbocycles. The van der Waals surface area contributed by atoms with Crippen LogP contribution < -0.4 is 17.0 Å². The summed E-state index contributed by atoms with van der Waals surface area (Å²) in [5.41, 5.74) is 3.30. The number of halogens is 1. The number of aromatic amines is 1. The van der Waals surface area contributed by atoms with E-state index in [1.165, 1.54) is 0 Å². The summed E-state index contributed by atoms with van der Waals surface area (Å²) in [7, 11) is 0. The van der Waals surface area contributed by atoms with Gasteiger partial charge in [0.2, 0.25) is 5.85 Å². The number of terminal acetylenes is 1. The van der Waals surface area contributed by atoms with Gasteiger partial charge in [0.1, 0.15) is 18.2 Å². The van der Waals surface area contributed by atoms with Crippen molar-refractivity contribution in [2.75, 3.05) is 13.2 Å². The molecular weight excluding hydrogens is 333 g/mol. The molecule has 2 rings (SSSR count). The van der Waals surface area contributed by atoms with E-state index in [0.717, 1.165) is 6.20 Å². The van der Waals surface area contributed by atoms with Gasteiger partial charge in [0.15, 0.2) is 6.20 Å². The monoisotopic (exact) mass is 358 g/mol. The molecule has 0 aromatic carbocycles. The fourth-order valence-corrected chi connectivity index (χ4v) is 2.06. The average Bonchev–Trinajstić information content (AvgIpc) is 2.83. The lowest BCUT2D eigenvalue weighted by atomic mass is 10.1. The lowest BCUT2D eigenvalue weighted by Crippen LogP contribution is -2.38. The van der Waals surface area contributed by atoms with Crippen LogP contribution in [0.3, 0.4) is 0 Å². The van der Waals surface area contributed by atoms with Crippen molar-refractivity contribution in [1.82, 2.24) is 9.55 Å². The first-order valence-electron chi connectivity index (χ1n) is 9.07. The highest BCUT2D eigenvalue weighted by Crippen LogP contribution is 2.37. The summed E-state index contributed by atoms with van der Waals surface area (Å²) in [6.07, 6.45) is 0.111. The zero-order valence-corrected chi connectivity index (χ0v) is 13.8. The molecule has 9 heteroatoms. The Kier molecular flexibility index (Phi) is 4.58. The van der Waals surface area contributed by atoms with E-state index in [2.05, 4.69) is 0 Å². The standard InChI is InChI=1S/C16H22FN3O5/c1-4-10-6-20(15(23)19-13(10)22)14-12(21)5-16(17,25-14)8-24-7-11(18)9(2)3/h1,6,9,11-12,14,21H,5,7-8,18H2,2-3H3,(H,19,22,23)/t11-,12-,14-,16+/m1/s1/i8D2,14D. The van der Waals surface area contributed by atoms with Crippen LogP contribution in [0.4, 0.5) is 4.39 Å². The molecule has 0 spiro atoms. The summed E-state index contributed by atoms with van der Waals surface area (Å²) in [6, 6.07) is -0.592. The number of aliphatic hydroxyl groups is 1. The Balaban J connectivity index is 2.38. The Morgan fingerprint density at radius 2 is 2.44 bits per heavy atom. The summed E-state index contributed by atoms with van der Waals surface area (Å²) in [6.45, 7) is 0.0981. The van der Waals surface area contributed by atoms with Gasteiger partial charge < -0.3 is 20.3 Å². The van der Waals surface area contributed by atoms with E-state index in [1.807, 2.05) is 10.9 Å². The second kappa shape index (κ2) is 7.49. The maximum Gasteiger partial charge on any atom is 0.330 e. The lowest BCUT2D eigenvalue weighted by molar-refractivity contribution is -0.191. The van der Waals surface area contributed by atoms with E-state index in [9.17, 15) is 14.7 Å². The van der Waals surface area contributed by atoms with Crippen LogP contribution in [0.25, 0.3) is 0 Å². The largest absolute Gasteiger partial charge is 0.388 e. The summed E-state index contributed by atoms with van der Waals surface area (Å²) in [5, 5.41) is 10.2. The van der Waals surface area contributed by atoms with E-state index < -0.39 is 48.4 Å². The van der Waals surface area contributed by atoms with Gasteiger partial charge in [-0.3, -0.25) is 14.3 Å². The van der Waals surface area contributed by atoms with Gasteiger partial charge in [0, 0.05) is 18.7 Å². The van der Waals surface area contributed by atoms with Gasteiger partial charge in [-0.2, -0.15) is 0 Å². The number of ether oxygens (including phenoxy) is 2. The second-order valence-electron chi connectivity index (χ2n) is 6.03. The molecule has 1 aliphatic rings. The fourth-order valence-electron chi connectivity index (χ4n) is 2.06. The predicted molar refractivity (Wildman–Crippen MR) is 87.5 cm³/mol. The van der Waals surface area contributed by atoms with Crippen LogP contribution in [0.1, 0.15) is 36.1 Å². The van der Waals surface area contributed by atoms with E-state index in [1.54, 1.807) is 13.8 Å². The van der Waals surface area contributed by atoms with E-state index >= 15 is 4.39 Å². The zero-order chi connectivity index (χ0) is 21.5. The minimum absolute atomic E-state index is 0.0707. The summed E-state index contributed by atoms with van der Waals surface area (Å²) >= 11 is 0. The molecule has 0 unspecified atom stereocenters. The Morgan fingerprint density at radius 3 is 3.04 bits per heavy atom.